The molecule has 1 amide bonds. The summed E-state index contributed by atoms with van der Waals surface area (Å²) in [5.41, 5.74) is 1.69. The van der Waals surface area contributed by atoms with Crippen LogP contribution in [-0.2, 0) is 4.79 Å². The highest BCUT2D eigenvalue weighted by atomic mass is 79.9. The number of ketones is 1. The van der Waals surface area contributed by atoms with Crippen LogP contribution < -0.4 is 5.32 Å². The quantitative estimate of drug-likeness (QED) is 0.852. The number of Topliss-reactive ketones (excluding diaryl/α,β-unsaturated/α-hetero) is 1. The van der Waals surface area contributed by atoms with Crippen molar-refractivity contribution in [1.29, 1.82) is 0 Å². The molecule has 0 radical (unpaired) electrons. The molecule has 1 aromatic heterocycles. The van der Waals surface area contributed by atoms with Gasteiger partial charge >= 0.3 is 0 Å². The third-order valence-corrected chi connectivity index (χ3v) is 4.40. The van der Waals surface area contributed by atoms with Gasteiger partial charge in [0.1, 0.15) is 6.26 Å². The van der Waals surface area contributed by atoms with Crippen LogP contribution in [-0.4, -0.2) is 16.7 Å². The fourth-order valence-corrected chi connectivity index (χ4v) is 3.09. The monoisotopic (exact) mass is 338 g/mol. The molecule has 96 valence electrons. The van der Waals surface area contributed by atoms with E-state index in [9.17, 15) is 9.59 Å². The lowest BCUT2D eigenvalue weighted by atomic mass is 10.1. The fourth-order valence-electron chi connectivity index (χ4n) is 1.70. The number of benzene rings is 1. The largest absolute Gasteiger partial charge is 0.439 e. The van der Waals surface area contributed by atoms with Gasteiger partial charge in [0.15, 0.2) is 0 Å². The topological polar surface area (TPSA) is 72.2 Å². The zero-order valence-corrected chi connectivity index (χ0v) is 12.1. The molecule has 7 heteroatoms. The summed E-state index contributed by atoms with van der Waals surface area (Å²) in [4.78, 5) is 27.9. The summed E-state index contributed by atoms with van der Waals surface area (Å²) in [5.74, 6) is -1.12. The van der Waals surface area contributed by atoms with Gasteiger partial charge in [-0.25, -0.2) is 4.98 Å². The van der Waals surface area contributed by atoms with Gasteiger partial charge in [0, 0.05) is 9.37 Å². The molecule has 1 aliphatic heterocycles. The van der Waals surface area contributed by atoms with Crippen molar-refractivity contribution in [3.63, 3.8) is 0 Å². The molecule has 2 heterocycles. The van der Waals surface area contributed by atoms with Gasteiger partial charge in [-0.1, -0.05) is 0 Å². The summed E-state index contributed by atoms with van der Waals surface area (Å²) in [5, 5.41) is 3.04. The Morgan fingerprint density at radius 1 is 1.37 bits per heavy atom. The Bertz CT molecular complexity index is 711. The summed E-state index contributed by atoms with van der Waals surface area (Å²) < 4.78 is 5.98. The van der Waals surface area contributed by atoms with Crippen molar-refractivity contribution in [2.45, 2.75) is 17.0 Å². The van der Waals surface area contributed by atoms with E-state index in [0.29, 0.717) is 16.5 Å². The second-order valence-electron chi connectivity index (χ2n) is 3.97. The van der Waals surface area contributed by atoms with Crippen LogP contribution in [0.15, 0.2) is 37.4 Å². The number of rotatable bonds is 2. The molecule has 0 fully saturated rings. The van der Waals surface area contributed by atoms with E-state index in [1.165, 1.54) is 11.8 Å². The van der Waals surface area contributed by atoms with Gasteiger partial charge < -0.3 is 9.73 Å². The molecule has 1 N–H and O–H groups in total. The summed E-state index contributed by atoms with van der Waals surface area (Å²) in [6.07, 6.45) is 1.56. The van der Waals surface area contributed by atoms with Gasteiger partial charge in [0.25, 0.3) is 16.9 Å². The van der Waals surface area contributed by atoms with Crippen LogP contribution in [0.5, 0.6) is 0 Å². The molecule has 0 spiro atoms. The minimum Gasteiger partial charge on any atom is -0.439 e. The van der Waals surface area contributed by atoms with Crippen LogP contribution in [0, 0.1) is 6.92 Å². The second kappa shape index (κ2) is 4.50. The van der Waals surface area contributed by atoms with E-state index in [0.717, 1.165) is 15.1 Å². The first kappa shape index (κ1) is 12.4. The first-order chi connectivity index (χ1) is 9.04. The molecular formula is C12H7BrN2O3S. The maximum absolute atomic E-state index is 11.6. The number of carbonyl (C=O) groups is 2. The average Bonchev–Trinajstić information content (AvgIpc) is 2.87. The van der Waals surface area contributed by atoms with Gasteiger partial charge in [0.05, 0.1) is 16.9 Å². The van der Waals surface area contributed by atoms with E-state index < -0.39 is 11.7 Å². The van der Waals surface area contributed by atoms with Crippen LogP contribution in [0.4, 0.5) is 5.69 Å². The van der Waals surface area contributed by atoms with Crippen LogP contribution >= 0.6 is 27.7 Å². The SMILES string of the molecule is Cc1coc(Sc2cc3c(cc2Br)C(=O)C(=O)N3)n1. The normalized spacial score (nSPS) is 13.6. The number of nitrogens with one attached hydrogen (secondary N) is 1. The third-order valence-electron chi connectivity index (χ3n) is 2.57. The lowest BCUT2D eigenvalue weighted by Crippen LogP contribution is -2.12. The van der Waals surface area contributed by atoms with Gasteiger partial charge in [0.2, 0.25) is 0 Å². The number of hydrogen-bond donors (Lipinski definition) is 1. The Kier molecular flexibility index (Phi) is 2.94. The van der Waals surface area contributed by atoms with Crippen molar-refractivity contribution in [3.05, 3.63) is 34.1 Å². The predicted molar refractivity (Wildman–Crippen MR) is 72.5 cm³/mol. The molecule has 0 saturated carbocycles. The molecule has 3 rings (SSSR count). The first-order valence-corrected chi connectivity index (χ1v) is 6.95. The van der Waals surface area contributed by atoms with Crippen LogP contribution in [0.3, 0.4) is 0 Å². The van der Waals surface area contributed by atoms with Gasteiger partial charge in [-0.05, 0) is 46.7 Å². The van der Waals surface area contributed by atoms with Gasteiger partial charge in [-0.2, -0.15) is 0 Å². The number of amides is 1. The maximum atomic E-state index is 11.6. The zero-order chi connectivity index (χ0) is 13.6. The molecule has 5 nitrogen and oxygen atoms in total. The van der Waals surface area contributed by atoms with Crippen LogP contribution in [0.1, 0.15) is 16.1 Å². The number of hydrogen-bond acceptors (Lipinski definition) is 5. The number of anilines is 1. The smallest absolute Gasteiger partial charge is 0.296 e. The summed E-state index contributed by atoms with van der Waals surface area (Å²) in [7, 11) is 0. The average molecular weight is 339 g/mol. The van der Waals surface area contributed by atoms with Crippen molar-refractivity contribution >= 4 is 45.1 Å². The molecule has 0 unspecified atom stereocenters. The van der Waals surface area contributed by atoms with Gasteiger partial charge in [-0.15, -0.1) is 0 Å². The number of nitrogens with zero attached hydrogens (tertiary/aromatic N) is 1. The number of oxazole rings is 1. The van der Waals surface area contributed by atoms with E-state index in [4.69, 9.17) is 4.42 Å². The van der Waals surface area contributed by atoms with E-state index in [1.54, 1.807) is 18.4 Å². The van der Waals surface area contributed by atoms with Gasteiger partial charge in [-0.3, -0.25) is 9.59 Å². The zero-order valence-electron chi connectivity index (χ0n) is 9.69. The Morgan fingerprint density at radius 2 is 2.16 bits per heavy atom. The van der Waals surface area contributed by atoms with Crippen molar-refractivity contribution < 1.29 is 14.0 Å². The molecule has 0 atom stereocenters. The molecule has 19 heavy (non-hydrogen) atoms. The van der Waals surface area contributed by atoms with E-state index in [2.05, 4.69) is 26.2 Å². The number of aromatic nitrogens is 1. The Balaban J connectivity index is 1.98. The highest BCUT2D eigenvalue weighted by molar-refractivity contribution is 9.10. The van der Waals surface area contributed by atoms with E-state index in [-0.39, 0.29) is 0 Å². The number of fused-ring (bicyclic) bond motifs is 1. The summed E-state index contributed by atoms with van der Waals surface area (Å²) in [6, 6.07) is 3.36. The fraction of sp³-hybridized carbons (Fsp3) is 0.0833. The minimum atomic E-state index is -0.601. The Labute approximate surface area is 120 Å². The highest BCUT2D eigenvalue weighted by Crippen LogP contribution is 2.38. The lowest BCUT2D eigenvalue weighted by molar-refractivity contribution is -0.112. The standard InChI is InChI=1S/C12H7BrN2O3S/c1-5-4-18-12(14-5)19-9-3-8-6(2-7(9)13)10(16)11(17)15-8/h2-4H,1H3,(H,15,16,17). The summed E-state index contributed by atoms with van der Waals surface area (Å²) >= 11 is 4.70. The lowest BCUT2D eigenvalue weighted by Gasteiger charge is -2.04. The molecular weight excluding hydrogens is 332 g/mol. The number of halogens is 1. The number of aryl methyl sites for hydroxylation is 1. The van der Waals surface area contributed by atoms with Crippen molar-refractivity contribution in [3.8, 4) is 0 Å². The Morgan fingerprint density at radius 3 is 2.84 bits per heavy atom. The van der Waals surface area contributed by atoms with Crippen molar-refractivity contribution in [2.75, 3.05) is 5.32 Å². The predicted octanol–water partition coefficient (Wildman–Crippen LogP) is 3.03. The number of carbonyl (C=O) groups excluding carboxylic acids is 2. The third kappa shape index (κ3) is 2.19. The van der Waals surface area contributed by atoms with Crippen LogP contribution in [0.25, 0.3) is 0 Å². The maximum Gasteiger partial charge on any atom is 0.296 e. The summed E-state index contributed by atoms with van der Waals surface area (Å²) in [6.45, 7) is 1.84. The molecule has 1 aromatic carbocycles. The molecule has 0 bridgehead atoms. The molecule has 0 aliphatic carbocycles. The molecule has 2 aromatic rings. The first-order valence-electron chi connectivity index (χ1n) is 5.34. The van der Waals surface area contributed by atoms with E-state index >= 15 is 0 Å². The second-order valence-corrected chi connectivity index (χ2v) is 5.82. The van der Waals surface area contributed by atoms with Crippen molar-refractivity contribution in [2.24, 2.45) is 0 Å². The molecule has 1 aliphatic rings. The molecule has 0 saturated heterocycles. The minimum absolute atomic E-state index is 0.379. The van der Waals surface area contributed by atoms with Crippen LogP contribution in [0.2, 0.25) is 0 Å². The van der Waals surface area contributed by atoms with E-state index in [1.807, 2.05) is 6.92 Å². The Hall–Kier alpha value is -1.60. The highest BCUT2D eigenvalue weighted by Gasteiger charge is 2.29. The van der Waals surface area contributed by atoms with Crippen molar-refractivity contribution in [1.82, 2.24) is 4.98 Å².